The van der Waals surface area contributed by atoms with E-state index in [0.717, 1.165) is 12.4 Å². The van der Waals surface area contributed by atoms with E-state index in [4.69, 9.17) is 5.11 Å². The maximum Gasteiger partial charge on any atom is 0.419 e. The Hall–Kier alpha value is -2.59. The maximum atomic E-state index is 12.6. The number of anilines is 1. The molecule has 0 aromatic carbocycles. The third kappa shape index (κ3) is 3.81. The highest BCUT2D eigenvalue weighted by Gasteiger charge is 2.38. The van der Waals surface area contributed by atoms with Crippen LogP contribution in [0.4, 0.5) is 23.9 Å². The molecule has 2 amide bonds. The number of halogens is 3. The van der Waals surface area contributed by atoms with Gasteiger partial charge in [0.15, 0.2) is 0 Å². The average molecular weight is 373 g/mol. The Kier molecular flexibility index (Phi) is 4.88. The molecular formula is C15H18F3N5O3. The third-order valence-electron chi connectivity index (χ3n) is 4.69. The van der Waals surface area contributed by atoms with Gasteiger partial charge in [0.1, 0.15) is 6.04 Å². The van der Waals surface area contributed by atoms with Gasteiger partial charge in [-0.25, -0.2) is 14.8 Å². The van der Waals surface area contributed by atoms with Gasteiger partial charge < -0.3 is 20.2 Å². The first-order valence-electron chi connectivity index (χ1n) is 8.20. The zero-order valence-electron chi connectivity index (χ0n) is 13.7. The zero-order valence-corrected chi connectivity index (χ0v) is 13.7. The van der Waals surface area contributed by atoms with Gasteiger partial charge in [0.25, 0.3) is 0 Å². The second-order valence-electron chi connectivity index (χ2n) is 6.31. The topological polar surface area (TPSA) is 98.7 Å². The first kappa shape index (κ1) is 18.2. The molecule has 1 atom stereocenters. The molecule has 0 radical (unpaired) electrons. The van der Waals surface area contributed by atoms with Crippen molar-refractivity contribution >= 4 is 17.9 Å². The van der Waals surface area contributed by atoms with E-state index in [0.29, 0.717) is 38.9 Å². The Labute approximate surface area is 147 Å². The van der Waals surface area contributed by atoms with E-state index in [1.54, 1.807) is 9.80 Å². The average Bonchev–Trinajstić information content (AvgIpc) is 2.94. The molecule has 142 valence electrons. The highest BCUT2D eigenvalue weighted by atomic mass is 19.4. The number of aromatic nitrogens is 2. The number of nitrogens with zero attached hydrogens (tertiary/aromatic N) is 4. The van der Waals surface area contributed by atoms with Gasteiger partial charge in [0.05, 0.1) is 5.56 Å². The summed E-state index contributed by atoms with van der Waals surface area (Å²) < 4.78 is 37.7. The van der Waals surface area contributed by atoms with E-state index < -0.39 is 23.9 Å². The standard InChI is InChI=1S/C15H18F3N5O3/c16-15(17,18)9-7-19-13(20-8-9)22-4-1-10(2-5-22)23-6-3-11(12(23)24)21-14(25)26/h7-8,10-11,21H,1-6H2,(H,25,26). The zero-order chi connectivity index (χ0) is 18.9. The highest BCUT2D eigenvalue weighted by molar-refractivity contribution is 5.87. The minimum atomic E-state index is -4.47. The highest BCUT2D eigenvalue weighted by Crippen LogP contribution is 2.29. The number of piperidine rings is 1. The third-order valence-corrected chi connectivity index (χ3v) is 4.69. The molecule has 1 aromatic heterocycles. The van der Waals surface area contributed by atoms with Gasteiger partial charge in [-0.05, 0) is 19.3 Å². The first-order valence-corrected chi connectivity index (χ1v) is 8.20. The van der Waals surface area contributed by atoms with Crippen LogP contribution in [0.1, 0.15) is 24.8 Å². The first-order chi connectivity index (χ1) is 12.3. The van der Waals surface area contributed by atoms with Gasteiger partial charge in [0, 0.05) is 38.1 Å². The Balaban J connectivity index is 1.56. The molecule has 0 saturated carbocycles. The second kappa shape index (κ2) is 6.96. The number of nitrogens with one attached hydrogen (secondary N) is 1. The van der Waals surface area contributed by atoms with Crippen molar-refractivity contribution in [1.82, 2.24) is 20.2 Å². The minimum absolute atomic E-state index is 0.0196. The molecule has 1 aromatic rings. The lowest BCUT2D eigenvalue weighted by atomic mass is 10.0. The molecule has 3 rings (SSSR count). The molecule has 26 heavy (non-hydrogen) atoms. The molecule has 3 heterocycles. The van der Waals surface area contributed by atoms with Crippen LogP contribution in [-0.2, 0) is 11.0 Å². The quantitative estimate of drug-likeness (QED) is 0.830. The number of hydrogen-bond donors (Lipinski definition) is 2. The number of hydrogen-bond acceptors (Lipinski definition) is 5. The molecule has 0 aliphatic carbocycles. The number of carboxylic acid groups (broad SMARTS) is 1. The van der Waals surface area contributed by atoms with Crippen molar-refractivity contribution in [2.45, 2.75) is 37.5 Å². The number of likely N-dealkylation sites (tertiary alicyclic amines) is 1. The Morgan fingerprint density at radius 1 is 1.15 bits per heavy atom. The summed E-state index contributed by atoms with van der Waals surface area (Å²) in [5.41, 5.74) is -0.893. The Morgan fingerprint density at radius 3 is 2.31 bits per heavy atom. The van der Waals surface area contributed by atoms with Crippen LogP contribution in [0.3, 0.4) is 0 Å². The van der Waals surface area contributed by atoms with Crippen LogP contribution in [0, 0.1) is 0 Å². The summed E-state index contributed by atoms with van der Waals surface area (Å²) in [4.78, 5) is 34.0. The molecule has 0 bridgehead atoms. The van der Waals surface area contributed by atoms with Crippen LogP contribution >= 0.6 is 0 Å². The molecule has 8 nitrogen and oxygen atoms in total. The van der Waals surface area contributed by atoms with Gasteiger partial charge >= 0.3 is 12.3 Å². The normalized spacial score (nSPS) is 22.0. The maximum absolute atomic E-state index is 12.6. The molecule has 2 saturated heterocycles. The molecule has 1 unspecified atom stereocenters. The van der Waals surface area contributed by atoms with Gasteiger partial charge in [0.2, 0.25) is 11.9 Å². The summed E-state index contributed by atoms with van der Waals surface area (Å²) in [7, 11) is 0. The summed E-state index contributed by atoms with van der Waals surface area (Å²) in [5, 5.41) is 11.0. The lowest BCUT2D eigenvalue weighted by molar-refractivity contribution is -0.138. The smallest absolute Gasteiger partial charge is 0.419 e. The van der Waals surface area contributed by atoms with E-state index in [1.807, 2.05) is 0 Å². The van der Waals surface area contributed by atoms with Crippen LogP contribution < -0.4 is 10.2 Å². The Bertz CT molecular complexity index is 674. The predicted molar refractivity (Wildman–Crippen MR) is 83.5 cm³/mol. The molecule has 2 fully saturated rings. The van der Waals surface area contributed by atoms with Crippen molar-refractivity contribution in [3.8, 4) is 0 Å². The molecular weight excluding hydrogens is 355 g/mol. The van der Waals surface area contributed by atoms with Gasteiger partial charge in [-0.3, -0.25) is 4.79 Å². The van der Waals surface area contributed by atoms with Crippen LogP contribution in [-0.4, -0.2) is 63.7 Å². The van der Waals surface area contributed by atoms with Crippen molar-refractivity contribution in [3.63, 3.8) is 0 Å². The second-order valence-corrected chi connectivity index (χ2v) is 6.31. The summed E-state index contributed by atoms with van der Waals surface area (Å²) in [6.07, 6.45) is -2.48. The number of carbonyl (C=O) groups excluding carboxylic acids is 1. The van der Waals surface area contributed by atoms with Gasteiger partial charge in [-0.15, -0.1) is 0 Å². The van der Waals surface area contributed by atoms with Crippen molar-refractivity contribution in [2.24, 2.45) is 0 Å². The van der Waals surface area contributed by atoms with E-state index in [-0.39, 0.29) is 17.9 Å². The Morgan fingerprint density at radius 2 is 1.77 bits per heavy atom. The van der Waals surface area contributed by atoms with Crippen molar-refractivity contribution in [1.29, 1.82) is 0 Å². The van der Waals surface area contributed by atoms with E-state index in [9.17, 15) is 22.8 Å². The SMILES string of the molecule is O=C(O)NC1CCN(C2CCN(c3ncc(C(F)(F)F)cn3)CC2)C1=O. The molecule has 2 aliphatic heterocycles. The van der Waals surface area contributed by atoms with Crippen LogP contribution in [0.2, 0.25) is 0 Å². The van der Waals surface area contributed by atoms with E-state index in [1.165, 1.54) is 0 Å². The van der Waals surface area contributed by atoms with Crippen LogP contribution in [0.15, 0.2) is 12.4 Å². The van der Waals surface area contributed by atoms with E-state index >= 15 is 0 Å². The van der Waals surface area contributed by atoms with Crippen molar-refractivity contribution in [3.05, 3.63) is 18.0 Å². The molecule has 2 N–H and O–H groups in total. The lowest BCUT2D eigenvalue weighted by Gasteiger charge is -2.36. The minimum Gasteiger partial charge on any atom is -0.465 e. The van der Waals surface area contributed by atoms with Crippen LogP contribution in [0.25, 0.3) is 0 Å². The largest absolute Gasteiger partial charge is 0.465 e. The predicted octanol–water partition coefficient (Wildman–Crippen LogP) is 1.33. The fourth-order valence-electron chi connectivity index (χ4n) is 3.36. The molecule has 11 heteroatoms. The van der Waals surface area contributed by atoms with Gasteiger partial charge in [-0.1, -0.05) is 0 Å². The fourth-order valence-corrected chi connectivity index (χ4v) is 3.36. The summed E-state index contributed by atoms with van der Waals surface area (Å²) >= 11 is 0. The van der Waals surface area contributed by atoms with E-state index in [2.05, 4.69) is 15.3 Å². The molecule has 2 aliphatic rings. The fraction of sp³-hybridized carbons (Fsp3) is 0.600. The summed E-state index contributed by atoms with van der Waals surface area (Å²) in [5.74, 6) is 0.00579. The number of carbonyl (C=O) groups is 2. The number of amides is 2. The number of alkyl halides is 3. The number of rotatable bonds is 3. The summed E-state index contributed by atoms with van der Waals surface area (Å²) in [6, 6.07) is -0.724. The van der Waals surface area contributed by atoms with Crippen LogP contribution in [0.5, 0.6) is 0 Å². The van der Waals surface area contributed by atoms with Crippen molar-refractivity contribution in [2.75, 3.05) is 24.5 Å². The lowest BCUT2D eigenvalue weighted by Crippen LogP contribution is -2.48. The summed E-state index contributed by atoms with van der Waals surface area (Å²) in [6.45, 7) is 1.51. The molecule has 0 spiro atoms. The van der Waals surface area contributed by atoms with Gasteiger partial charge in [-0.2, -0.15) is 13.2 Å². The van der Waals surface area contributed by atoms with Crippen molar-refractivity contribution < 1.29 is 27.9 Å². The monoisotopic (exact) mass is 373 g/mol.